The Morgan fingerprint density at radius 1 is 1.47 bits per heavy atom. The van der Waals surface area contributed by atoms with Gasteiger partial charge in [-0.25, -0.2) is 4.39 Å². The molecule has 1 aliphatic heterocycles. The summed E-state index contributed by atoms with van der Waals surface area (Å²) in [5.41, 5.74) is 0.694. The first-order valence-corrected chi connectivity index (χ1v) is 4.74. The minimum atomic E-state index is -0.887. The van der Waals surface area contributed by atoms with E-state index >= 15 is 0 Å². The predicted octanol–water partition coefficient (Wildman–Crippen LogP) is 1.64. The molecule has 15 heavy (non-hydrogen) atoms. The molecule has 2 unspecified atom stereocenters. The summed E-state index contributed by atoms with van der Waals surface area (Å²) in [6.07, 6.45) is 0. The number of aliphatic carboxylic acids is 1. The molecule has 0 aromatic heterocycles. The van der Waals surface area contributed by atoms with Gasteiger partial charge in [0.1, 0.15) is 5.82 Å². The summed E-state index contributed by atoms with van der Waals surface area (Å²) in [6.45, 7) is 0.553. The van der Waals surface area contributed by atoms with Crippen molar-refractivity contribution in [2.45, 2.75) is 5.92 Å². The van der Waals surface area contributed by atoms with Crippen molar-refractivity contribution in [3.8, 4) is 0 Å². The van der Waals surface area contributed by atoms with Gasteiger partial charge in [-0.1, -0.05) is 12.1 Å². The lowest BCUT2D eigenvalue weighted by molar-refractivity contribution is -0.142. The van der Waals surface area contributed by atoms with Crippen LogP contribution in [-0.2, 0) is 9.53 Å². The van der Waals surface area contributed by atoms with Gasteiger partial charge in [0.05, 0.1) is 19.1 Å². The minimum absolute atomic E-state index is 0.205. The second-order valence-electron chi connectivity index (χ2n) is 3.64. The summed E-state index contributed by atoms with van der Waals surface area (Å²) in [7, 11) is 0. The number of benzene rings is 1. The zero-order valence-corrected chi connectivity index (χ0v) is 8.02. The fourth-order valence-electron chi connectivity index (χ4n) is 1.86. The second kappa shape index (κ2) is 3.98. The van der Waals surface area contributed by atoms with E-state index in [0.717, 1.165) is 0 Å². The number of ether oxygens (including phenoxy) is 1. The Labute approximate surface area is 86.5 Å². The molecule has 1 aromatic carbocycles. The number of rotatable bonds is 2. The van der Waals surface area contributed by atoms with Gasteiger partial charge < -0.3 is 9.84 Å². The third-order valence-electron chi connectivity index (χ3n) is 2.67. The Hall–Kier alpha value is -1.42. The normalized spacial score (nSPS) is 25.4. The SMILES string of the molecule is O=C(O)C1COCC1c1cccc(F)c1. The van der Waals surface area contributed by atoms with Crippen LogP contribution in [0.2, 0.25) is 0 Å². The molecule has 1 saturated heterocycles. The van der Waals surface area contributed by atoms with E-state index in [1.165, 1.54) is 12.1 Å². The molecule has 3 nitrogen and oxygen atoms in total. The molecule has 0 bridgehead atoms. The molecule has 0 aliphatic carbocycles. The topological polar surface area (TPSA) is 46.5 Å². The molecule has 2 atom stereocenters. The number of carboxylic acid groups (broad SMARTS) is 1. The predicted molar refractivity (Wildman–Crippen MR) is 51.1 cm³/mol. The Morgan fingerprint density at radius 2 is 2.27 bits per heavy atom. The van der Waals surface area contributed by atoms with E-state index in [4.69, 9.17) is 9.84 Å². The fourth-order valence-corrected chi connectivity index (χ4v) is 1.86. The molecule has 1 aromatic rings. The van der Waals surface area contributed by atoms with Crippen molar-refractivity contribution in [1.29, 1.82) is 0 Å². The third kappa shape index (κ3) is 1.99. The smallest absolute Gasteiger partial charge is 0.309 e. The molecule has 1 fully saturated rings. The van der Waals surface area contributed by atoms with Crippen LogP contribution < -0.4 is 0 Å². The van der Waals surface area contributed by atoms with Crippen LogP contribution in [0.25, 0.3) is 0 Å². The number of carboxylic acids is 1. The van der Waals surface area contributed by atoms with Gasteiger partial charge in [-0.05, 0) is 17.7 Å². The molecule has 1 heterocycles. The number of hydrogen-bond acceptors (Lipinski definition) is 2. The zero-order valence-electron chi connectivity index (χ0n) is 8.02. The van der Waals surface area contributed by atoms with Crippen LogP contribution in [0, 0.1) is 11.7 Å². The first-order valence-electron chi connectivity index (χ1n) is 4.74. The van der Waals surface area contributed by atoms with E-state index in [1.807, 2.05) is 0 Å². The Kier molecular flexibility index (Phi) is 2.68. The molecule has 1 N–H and O–H groups in total. The van der Waals surface area contributed by atoms with E-state index in [2.05, 4.69) is 0 Å². The van der Waals surface area contributed by atoms with E-state index in [0.29, 0.717) is 12.2 Å². The Bertz CT molecular complexity index is 378. The van der Waals surface area contributed by atoms with Crippen molar-refractivity contribution >= 4 is 5.97 Å². The lowest BCUT2D eigenvalue weighted by Crippen LogP contribution is -2.20. The highest BCUT2D eigenvalue weighted by Crippen LogP contribution is 2.31. The quantitative estimate of drug-likeness (QED) is 0.807. The number of carbonyl (C=O) groups is 1. The Balaban J connectivity index is 2.26. The summed E-state index contributed by atoms with van der Waals surface area (Å²) in [5, 5.41) is 8.94. The highest BCUT2D eigenvalue weighted by molar-refractivity contribution is 5.72. The first kappa shape index (κ1) is 10.1. The highest BCUT2D eigenvalue weighted by Gasteiger charge is 2.35. The summed E-state index contributed by atoms with van der Waals surface area (Å²) in [5.74, 6) is -2.03. The molecular formula is C11H11FO3. The molecule has 0 spiro atoms. The maximum absolute atomic E-state index is 13.0. The molecule has 0 radical (unpaired) electrons. The van der Waals surface area contributed by atoms with Gasteiger partial charge in [0, 0.05) is 5.92 Å². The van der Waals surface area contributed by atoms with E-state index in [-0.39, 0.29) is 18.3 Å². The maximum Gasteiger partial charge on any atom is 0.309 e. The van der Waals surface area contributed by atoms with Crippen molar-refractivity contribution in [2.24, 2.45) is 5.92 Å². The van der Waals surface area contributed by atoms with E-state index in [9.17, 15) is 9.18 Å². The van der Waals surface area contributed by atoms with Gasteiger partial charge in [0.25, 0.3) is 0 Å². The lowest BCUT2D eigenvalue weighted by atomic mass is 9.89. The lowest BCUT2D eigenvalue weighted by Gasteiger charge is -2.13. The first-order chi connectivity index (χ1) is 7.18. The average Bonchev–Trinajstić information content (AvgIpc) is 2.65. The van der Waals surface area contributed by atoms with Crippen LogP contribution in [0.4, 0.5) is 4.39 Å². The minimum Gasteiger partial charge on any atom is -0.481 e. The van der Waals surface area contributed by atoms with Gasteiger partial charge in [-0.3, -0.25) is 4.79 Å². The maximum atomic E-state index is 13.0. The molecule has 2 rings (SSSR count). The molecule has 0 saturated carbocycles. The number of hydrogen-bond donors (Lipinski definition) is 1. The second-order valence-corrected chi connectivity index (χ2v) is 3.64. The van der Waals surface area contributed by atoms with E-state index < -0.39 is 11.9 Å². The molecule has 4 heteroatoms. The summed E-state index contributed by atoms with van der Waals surface area (Å²) < 4.78 is 18.1. The van der Waals surface area contributed by atoms with Crippen molar-refractivity contribution in [3.63, 3.8) is 0 Å². The monoisotopic (exact) mass is 210 g/mol. The van der Waals surface area contributed by atoms with Crippen LogP contribution >= 0.6 is 0 Å². The van der Waals surface area contributed by atoms with Crippen molar-refractivity contribution in [1.82, 2.24) is 0 Å². The van der Waals surface area contributed by atoms with Crippen LogP contribution in [0.5, 0.6) is 0 Å². The fraction of sp³-hybridized carbons (Fsp3) is 0.364. The van der Waals surface area contributed by atoms with Gasteiger partial charge in [-0.15, -0.1) is 0 Å². The van der Waals surface area contributed by atoms with Crippen molar-refractivity contribution in [3.05, 3.63) is 35.6 Å². The molecule has 1 aliphatic rings. The van der Waals surface area contributed by atoms with E-state index in [1.54, 1.807) is 12.1 Å². The third-order valence-corrected chi connectivity index (χ3v) is 2.67. The van der Waals surface area contributed by atoms with Gasteiger partial charge >= 0.3 is 5.97 Å². The largest absolute Gasteiger partial charge is 0.481 e. The van der Waals surface area contributed by atoms with Crippen molar-refractivity contribution < 1.29 is 19.0 Å². The molecule has 80 valence electrons. The summed E-state index contributed by atoms with van der Waals surface area (Å²) in [4.78, 5) is 10.9. The summed E-state index contributed by atoms with van der Waals surface area (Å²) >= 11 is 0. The Morgan fingerprint density at radius 3 is 2.93 bits per heavy atom. The molecule has 0 amide bonds. The van der Waals surface area contributed by atoms with Crippen LogP contribution in [0.15, 0.2) is 24.3 Å². The van der Waals surface area contributed by atoms with Crippen molar-refractivity contribution in [2.75, 3.05) is 13.2 Å². The van der Waals surface area contributed by atoms with Crippen LogP contribution in [0.3, 0.4) is 0 Å². The molecular weight excluding hydrogens is 199 g/mol. The van der Waals surface area contributed by atoms with Gasteiger partial charge in [0.2, 0.25) is 0 Å². The highest BCUT2D eigenvalue weighted by atomic mass is 19.1. The summed E-state index contributed by atoms with van der Waals surface area (Å²) in [6, 6.07) is 6.03. The number of halogens is 1. The van der Waals surface area contributed by atoms with Gasteiger partial charge in [-0.2, -0.15) is 0 Å². The average molecular weight is 210 g/mol. The standard InChI is InChI=1S/C11H11FO3/c12-8-3-1-2-7(4-8)9-5-15-6-10(9)11(13)14/h1-4,9-10H,5-6H2,(H,13,14). The van der Waals surface area contributed by atoms with Crippen LogP contribution in [0.1, 0.15) is 11.5 Å². The van der Waals surface area contributed by atoms with Gasteiger partial charge in [0.15, 0.2) is 0 Å². The zero-order chi connectivity index (χ0) is 10.8. The van der Waals surface area contributed by atoms with Crippen LogP contribution in [-0.4, -0.2) is 24.3 Å².